The van der Waals surface area contributed by atoms with E-state index in [4.69, 9.17) is 16.3 Å². The maximum atomic E-state index is 13.6. The van der Waals surface area contributed by atoms with Crippen LogP contribution in [0.1, 0.15) is 17.2 Å². The molecule has 5 atom stereocenters. The van der Waals surface area contributed by atoms with Crippen LogP contribution >= 0.6 is 11.6 Å². The Morgan fingerprint density at radius 3 is 2.57 bits per heavy atom. The smallest absolute Gasteiger partial charge is 0.269 e. The topological polar surface area (TPSA) is 151 Å². The summed E-state index contributed by atoms with van der Waals surface area (Å²) in [4.78, 5) is 52.4. The Kier molecular flexibility index (Phi) is 5.59. The summed E-state index contributed by atoms with van der Waals surface area (Å²) in [5.41, 5.74) is -1.14. The van der Waals surface area contributed by atoms with Gasteiger partial charge in [0.25, 0.3) is 5.69 Å². The van der Waals surface area contributed by atoms with E-state index in [-0.39, 0.29) is 24.4 Å². The summed E-state index contributed by atoms with van der Waals surface area (Å²) in [5.74, 6) is -4.09. The molecular formula is C23H21ClN4O7. The van der Waals surface area contributed by atoms with Crippen molar-refractivity contribution in [2.75, 3.05) is 25.6 Å². The molecule has 3 heterocycles. The number of non-ortho nitro benzene ring substituents is 1. The first-order valence-corrected chi connectivity index (χ1v) is 11.2. The van der Waals surface area contributed by atoms with E-state index in [0.29, 0.717) is 16.3 Å². The average molecular weight is 501 g/mol. The third-order valence-electron chi connectivity index (χ3n) is 7.01. The number of anilines is 1. The summed E-state index contributed by atoms with van der Waals surface area (Å²) in [6.07, 6.45) is -1.28. The number of aliphatic hydroxyl groups is 1. The van der Waals surface area contributed by atoms with Gasteiger partial charge in [0, 0.05) is 35.5 Å². The molecule has 0 aliphatic carbocycles. The second-order valence-electron chi connectivity index (χ2n) is 8.74. The highest BCUT2D eigenvalue weighted by atomic mass is 35.5. The summed E-state index contributed by atoms with van der Waals surface area (Å²) < 4.78 is 5.04. The normalized spacial score (nSPS) is 27.8. The number of likely N-dealkylation sites (tertiary alicyclic amines) is 1. The number of nitrogens with zero attached hydrogens (tertiary/aromatic N) is 2. The van der Waals surface area contributed by atoms with Crippen LogP contribution in [0.5, 0.6) is 0 Å². The Morgan fingerprint density at radius 1 is 1.20 bits per heavy atom. The van der Waals surface area contributed by atoms with Gasteiger partial charge in [-0.25, -0.2) is 0 Å². The highest BCUT2D eigenvalue weighted by molar-refractivity contribution is 6.30. The van der Waals surface area contributed by atoms with Crippen molar-refractivity contribution < 1.29 is 29.2 Å². The van der Waals surface area contributed by atoms with Crippen LogP contribution in [-0.4, -0.2) is 59.0 Å². The third-order valence-corrected chi connectivity index (χ3v) is 7.26. The molecule has 3 amide bonds. The van der Waals surface area contributed by atoms with Crippen LogP contribution in [0.15, 0.2) is 42.5 Å². The number of rotatable bonds is 6. The molecule has 0 radical (unpaired) electrons. The number of hydrogen-bond donors (Lipinski definition) is 3. The van der Waals surface area contributed by atoms with Gasteiger partial charge in [-0.2, -0.15) is 0 Å². The maximum Gasteiger partial charge on any atom is 0.269 e. The van der Waals surface area contributed by atoms with Gasteiger partial charge < -0.3 is 15.2 Å². The SMILES string of the molecule is COCCN1C(=O)[C@@H]2[C@@H]([C@H](O)c3ccc(Cl)cc3)N[C@@]3(C(=O)Nc4ccc([N+](=O)[O-])cc43)[C@@H]2C1=O. The van der Waals surface area contributed by atoms with E-state index in [1.54, 1.807) is 24.3 Å². The van der Waals surface area contributed by atoms with E-state index in [2.05, 4.69) is 10.6 Å². The zero-order valence-electron chi connectivity index (χ0n) is 18.4. The summed E-state index contributed by atoms with van der Waals surface area (Å²) >= 11 is 5.97. The number of imide groups is 1. The predicted octanol–water partition coefficient (Wildman–Crippen LogP) is 1.35. The van der Waals surface area contributed by atoms with Crippen molar-refractivity contribution in [2.45, 2.75) is 17.7 Å². The lowest BCUT2D eigenvalue weighted by molar-refractivity contribution is -0.384. The summed E-state index contributed by atoms with van der Waals surface area (Å²) in [5, 5.41) is 29.0. The summed E-state index contributed by atoms with van der Waals surface area (Å²) in [7, 11) is 1.43. The number of aliphatic hydroxyl groups excluding tert-OH is 1. The molecule has 2 aromatic rings. The van der Waals surface area contributed by atoms with Gasteiger partial charge in [0.15, 0.2) is 0 Å². The molecule has 11 nitrogen and oxygen atoms in total. The summed E-state index contributed by atoms with van der Waals surface area (Å²) in [6.45, 7) is 0.0699. The fourth-order valence-electron chi connectivity index (χ4n) is 5.43. The van der Waals surface area contributed by atoms with Gasteiger partial charge in [0.2, 0.25) is 17.7 Å². The van der Waals surface area contributed by atoms with E-state index in [1.165, 1.54) is 25.3 Å². The van der Waals surface area contributed by atoms with Gasteiger partial charge in [-0.1, -0.05) is 23.7 Å². The Morgan fingerprint density at radius 2 is 1.91 bits per heavy atom. The first-order chi connectivity index (χ1) is 16.7. The molecule has 12 heteroatoms. The van der Waals surface area contributed by atoms with Crippen LogP contribution in [0.25, 0.3) is 0 Å². The van der Waals surface area contributed by atoms with Crippen molar-refractivity contribution in [3.63, 3.8) is 0 Å². The van der Waals surface area contributed by atoms with E-state index >= 15 is 0 Å². The van der Waals surface area contributed by atoms with Crippen molar-refractivity contribution in [2.24, 2.45) is 11.8 Å². The first kappa shape index (κ1) is 23.4. The fourth-order valence-corrected chi connectivity index (χ4v) is 5.56. The molecule has 0 aromatic heterocycles. The highest BCUT2D eigenvalue weighted by Crippen LogP contribution is 2.55. The number of nitrogens with one attached hydrogen (secondary N) is 2. The van der Waals surface area contributed by atoms with Gasteiger partial charge in [0.05, 0.1) is 42.1 Å². The van der Waals surface area contributed by atoms with Crippen LogP contribution in [0.4, 0.5) is 11.4 Å². The quantitative estimate of drug-likeness (QED) is 0.305. The van der Waals surface area contributed by atoms with Crippen molar-refractivity contribution in [1.29, 1.82) is 0 Å². The minimum Gasteiger partial charge on any atom is -0.387 e. The van der Waals surface area contributed by atoms with Crippen LogP contribution < -0.4 is 10.6 Å². The number of carbonyl (C=O) groups is 3. The fraction of sp³-hybridized carbons (Fsp3) is 0.348. The van der Waals surface area contributed by atoms with Crippen molar-refractivity contribution in [3.8, 4) is 0 Å². The number of fused-ring (bicyclic) bond motifs is 4. The second-order valence-corrected chi connectivity index (χ2v) is 9.18. The van der Waals surface area contributed by atoms with Crippen LogP contribution in [0.3, 0.4) is 0 Å². The lowest BCUT2D eigenvalue weighted by Gasteiger charge is -2.30. The average Bonchev–Trinajstić information content (AvgIpc) is 3.42. The van der Waals surface area contributed by atoms with Crippen molar-refractivity contribution in [3.05, 3.63) is 68.7 Å². The lowest BCUT2D eigenvalue weighted by Crippen LogP contribution is -2.54. The standard InChI is InChI=1S/C23H21ClN4O7/c1-35-9-8-27-20(30)16-17(21(27)31)23(26-18(16)19(29)11-2-4-12(24)5-3-11)14-10-13(28(33)34)6-7-15(14)25-22(23)32/h2-7,10,16-19,26,29H,8-9H2,1H3,(H,25,32)/t16-,17-,18-,19+,23+/m0/s1. The van der Waals surface area contributed by atoms with Crippen LogP contribution in [0.2, 0.25) is 5.02 Å². The van der Waals surface area contributed by atoms with Gasteiger partial charge in [-0.05, 0) is 23.8 Å². The minimum atomic E-state index is -1.78. The number of nitro benzene ring substituents is 1. The number of hydrogen-bond acceptors (Lipinski definition) is 8. The Bertz CT molecular complexity index is 1250. The first-order valence-electron chi connectivity index (χ1n) is 10.9. The Hall–Kier alpha value is -3.38. The molecular weight excluding hydrogens is 480 g/mol. The number of methoxy groups -OCH3 is 1. The molecule has 0 saturated carbocycles. The van der Waals surface area contributed by atoms with Crippen molar-refractivity contribution in [1.82, 2.24) is 10.2 Å². The van der Waals surface area contributed by atoms with Gasteiger partial charge >= 0.3 is 0 Å². The predicted molar refractivity (Wildman–Crippen MR) is 122 cm³/mol. The third kappa shape index (κ3) is 3.34. The van der Waals surface area contributed by atoms with Gasteiger partial charge in [-0.3, -0.25) is 34.7 Å². The van der Waals surface area contributed by atoms with E-state index in [0.717, 1.165) is 4.90 Å². The molecule has 0 unspecified atom stereocenters. The molecule has 1 spiro atoms. The van der Waals surface area contributed by atoms with E-state index in [1.807, 2.05) is 0 Å². The largest absolute Gasteiger partial charge is 0.387 e. The van der Waals surface area contributed by atoms with E-state index < -0.39 is 52.2 Å². The van der Waals surface area contributed by atoms with Gasteiger partial charge in [-0.15, -0.1) is 0 Å². The molecule has 5 rings (SSSR count). The number of ether oxygens (including phenoxy) is 1. The van der Waals surface area contributed by atoms with Crippen LogP contribution in [0, 0.1) is 22.0 Å². The van der Waals surface area contributed by atoms with E-state index in [9.17, 15) is 29.6 Å². The number of carbonyl (C=O) groups excluding carboxylic acids is 3. The zero-order valence-corrected chi connectivity index (χ0v) is 19.2. The molecule has 3 aliphatic heterocycles. The number of halogens is 1. The number of benzene rings is 2. The second kappa shape index (κ2) is 8.38. The zero-order chi connectivity index (χ0) is 25.1. The molecule has 182 valence electrons. The minimum absolute atomic E-state index is 0.0234. The molecule has 2 fully saturated rings. The molecule has 2 saturated heterocycles. The molecule has 2 aromatic carbocycles. The van der Waals surface area contributed by atoms with Crippen molar-refractivity contribution >= 4 is 40.7 Å². The maximum absolute atomic E-state index is 13.6. The number of amides is 3. The highest BCUT2D eigenvalue weighted by Gasteiger charge is 2.71. The monoisotopic (exact) mass is 500 g/mol. The van der Waals surface area contributed by atoms with Crippen LogP contribution in [-0.2, 0) is 24.7 Å². The Labute approximate surface area is 204 Å². The molecule has 3 aliphatic rings. The number of nitro groups is 1. The van der Waals surface area contributed by atoms with Gasteiger partial charge in [0.1, 0.15) is 5.54 Å². The molecule has 0 bridgehead atoms. The summed E-state index contributed by atoms with van der Waals surface area (Å²) in [6, 6.07) is 9.16. The Balaban J connectivity index is 1.66. The lowest BCUT2D eigenvalue weighted by atomic mass is 9.76. The molecule has 35 heavy (non-hydrogen) atoms. The molecule has 3 N–H and O–H groups in total.